The number of carbonyl (C=O) groups is 2. The molecule has 0 aromatic carbocycles. The van der Waals surface area contributed by atoms with Crippen LogP contribution in [0.2, 0.25) is 0 Å². The topological polar surface area (TPSA) is 84.9 Å². The second-order valence-corrected chi connectivity index (χ2v) is 6.86. The number of amides is 1. The van der Waals surface area contributed by atoms with Crippen molar-refractivity contribution in [1.82, 2.24) is 5.32 Å². The van der Waals surface area contributed by atoms with Crippen LogP contribution >= 0.6 is 11.8 Å². The number of unbranched alkanes of at least 4 members (excludes halogenated alkanes) is 1. The van der Waals surface area contributed by atoms with E-state index >= 15 is 0 Å². The van der Waals surface area contributed by atoms with E-state index in [-0.39, 0.29) is 0 Å². The van der Waals surface area contributed by atoms with Crippen molar-refractivity contribution in [2.45, 2.75) is 51.7 Å². The van der Waals surface area contributed by atoms with Crippen molar-refractivity contribution in [3.05, 3.63) is 0 Å². The molecule has 0 spiro atoms. The molecule has 0 aliphatic carbocycles. The van der Waals surface area contributed by atoms with Gasteiger partial charge in [-0.2, -0.15) is 11.8 Å². The van der Waals surface area contributed by atoms with Gasteiger partial charge in [-0.25, -0.2) is 9.59 Å². The molecule has 124 valence electrons. The lowest BCUT2D eigenvalue weighted by Gasteiger charge is -2.21. The molecule has 7 heteroatoms. The Kier molecular flexibility index (Phi) is 10.2. The molecule has 6 nitrogen and oxygen atoms in total. The molecule has 0 heterocycles. The Hall–Kier alpha value is -0.950. The van der Waals surface area contributed by atoms with E-state index in [2.05, 4.69) is 5.32 Å². The number of ether oxygens (including phenoxy) is 2. The molecule has 0 saturated heterocycles. The number of rotatable bonds is 10. The number of carboxylic acid groups (broad SMARTS) is 1. The maximum Gasteiger partial charge on any atom is 0.408 e. The minimum atomic E-state index is -1.04. The van der Waals surface area contributed by atoms with Crippen LogP contribution in [0.3, 0.4) is 0 Å². The zero-order valence-corrected chi connectivity index (χ0v) is 14.1. The van der Waals surface area contributed by atoms with Crippen molar-refractivity contribution in [2.24, 2.45) is 0 Å². The summed E-state index contributed by atoms with van der Waals surface area (Å²) in [5.74, 6) is 0.600. The van der Waals surface area contributed by atoms with Gasteiger partial charge in [0.05, 0.1) is 0 Å². The largest absolute Gasteiger partial charge is 0.480 e. The summed E-state index contributed by atoms with van der Waals surface area (Å²) in [5, 5.41) is 11.5. The smallest absolute Gasteiger partial charge is 0.408 e. The Balaban J connectivity index is 3.93. The predicted octanol–water partition coefficient (Wildman–Crippen LogP) is 2.51. The van der Waals surface area contributed by atoms with E-state index in [0.717, 1.165) is 25.2 Å². The van der Waals surface area contributed by atoms with Gasteiger partial charge in [-0.3, -0.25) is 0 Å². The summed E-state index contributed by atoms with van der Waals surface area (Å²) in [7, 11) is 1.67. The van der Waals surface area contributed by atoms with Crippen LogP contribution in [0.15, 0.2) is 0 Å². The monoisotopic (exact) mass is 321 g/mol. The van der Waals surface area contributed by atoms with Crippen LogP contribution in [0.5, 0.6) is 0 Å². The highest BCUT2D eigenvalue weighted by molar-refractivity contribution is 7.99. The van der Waals surface area contributed by atoms with Gasteiger partial charge in [0.1, 0.15) is 11.6 Å². The molecule has 21 heavy (non-hydrogen) atoms. The summed E-state index contributed by atoms with van der Waals surface area (Å²) >= 11 is 1.68. The average Bonchev–Trinajstić information content (AvgIpc) is 2.33. The van der Waals surface area contributed by atoms with Crippen LogP contribution in [-0.4, -0.2) is 54.0 Å². The van der Waals surface area contributed by atoms with Crippen LogP contribution in [0.4, 0.5) is 4.79 Å². The minimum absolute atomic E-state index is 0.378. The highest BCUT2D eigenvalue weighted by atomic mass is 32.2. The Labute approximate surface area is 131 Å². The number of alkyl carbamates (subject to hydrolysis) is 1. The van der Waals surface area contributed by atoms with Crippen LogP contribution in [0, 0.1) is 0 Å². The van der Waals surface area contributed by atoms with Gasteiger partial charge >= 0.3 is 12.1 Å². The third-order valence-corrected chi connectivity index (χ3v) is 3.53. The number of aliphatic carboxylic acids is 1. The summed E-state index contributed by atoms with van der Waals surface area (Å²) in [5.41, 5.74) is -0.636. The Morgan fingerprint density at radius 3 is 2.43 bits per heavy atom. The van der Waals surface area contributed by atoms with Crippen molar-refractivity contribution in [1.29, 1.82) is 0 Å². The van der Waals surface area contributed by atoms with Gasteiger partial charge in [-0.1, -0.05) is 0 Å². The molecule has 0 radical (unpaired) electrons. The van der Waals surface area contributed by atoms with E-state index in [1.165, 1.54) is 0 Å². The number of hydrogen-bond acceptors (Lipinski definition) is 5. The van der Waals surface area contributed by atoms with Gasteiger partial charge in [0, 0.05) is 13.7 Å². The number of carboxylic acids is 1. The van der Waals surface area contributed by atoms with Crippen molar-refractivity contribution in [3.63, 3.8) is 0 Å². The van der Waals surface area contributed by atoms with E-state index in [9.17, 15) is 9.59 Å². The molecule has 1 amide bonds. The Bertz CT molecular complexity index is 317. The maximum absolute atomic E-state index is 11.6. The first-order valence-corrected chi connectivity index (χ1v) is 8.20. The van der Waals surface area contributed by atoms with Crippen LogP contribution in [0.1, 0.15) is 40.0 Å². The number of hydrogen-bond donors (Lipinski definition) is 2. The first-order chi connectivity index (χ1) is 9.76. The van der Waals surface area contributed by atoms with E-state index < -0.39 is 23.7 Å². The third-order valence-electron chi connectivity index (χ3n) is 2.43. The molecule has 2 N–H and O–H groups in total. The fourth-order valence-electron chi connectivity index (χ4n) is 1.46. The maximum atomic E-state index is 11.6. The van der Waals surface area contributed by atoms with Crippen LogP contribution in [-0.2, 0) is 14.3 Å². The van der Waals surface area contributed by atoms with Gasteiger partial charge in [0.2, 0.25) is 0 Å². The van der Waals surface area contributed by atoms with Crippen molar-refractivity contribution in [3.8, 4) is 0 Å². The molecule has 0 aliphatic rings. The number of methoxy groups -OCH3 is 1. The lowest BCUT2D eigenvalue weighted by molar-refractivity contribution is -0.139. The number of thioether (sulfide) groups is 1. The Morgan fingerprint density at radius 2 is 1.90 bits per heavy atom. The van der Waals surface area contributed by atoms with Gasteiger partial charge < -0.3 is 19.9 Å². The quantitative estimate of drug-likeness (QED) is 0.601. The van der Waals surface area contributed by atoms with Crippen molar-refractivity contribution < 1.29 is 24.2 Å². The van der Waals surface area contributed by atoms with Crippen molar-refractivity contribution in [2.75, 3.05) is 25.2 Å². The summed E-state index contributed by atoms with van der Waals surface area (Å²) in [6.45, 7) is 5.95. The molecular weight excluding hydrogens is 294 g/mol. The van der Waals surface area contributed by atoms with Gasteiger partial charge in [-0.15, -0.1) is 0 Å². The van der Waals surface area contributed by atoms with E-state index in [1.54, 1.807) is 39.6 Å². The molecule has 0 saturated carbocycles. The SMILES string of the molecule is COCCCCSCCC(NC(=O)OC(C)(C)C)C(=O)O. The van der Waals surface area contributed by atoms with Crippen LogP contribution < -0.4 is 5.32 Å². The standard InChI is InChI=1S/C14H27NO5S/c1-14(2,3)20-13(18)15-11(12(16)17)7-10-21-9-6-5-8-19-4/h11H,5-10H2,1-4H3,(H,15,18)(H,16,17). The third kappa shape index (κ3) is 12.5. The van der Waals surface area contributed by atoms with E-state index in [4.69, 9.17) is 14.6 Å². The summed E-state index contributed by atoms with van der Waals surface area (Å²) in [6, 6.07) is -0.911. The average molecular weight is 321 g/mol. The number of nitrogens with one attached hydrogen (secondary N) is 1. The zero-order valence-electron chi connectivity index (χ0n) is 13.3. The molecule has 0 aliphatic heterocycles. The predicted molar refractivity (Wildman–Crippen MR) is 83.8 cm³/mol. The normalized spacial score (nSPS) is 12.8. The Morgan fingerprint density at radius 1 is 1.24 bits per heavy atom. The van der Waals surface area contributed by atoms with Gasteiger partial charge in [0.25, 0.3) is 0 Å². The summed E-state index contributed by atoms with van der Waals surface area (Å²) < 4.78 is 10.0. The summed E-state index contributed by atoms with van der Waals surface area (Å²) in [4.78, 5) is 22.7. The molecule has 0 fully saturated rings. The lowest BCUT2D eigenvalue weighted by Crippen LogP contribution is -2.43. The highest BCUT2D eigenvalue weighted by Gasteiger charge is 2.23. The molecule has 0 aromatic rings. The second kappa shape index (κ2) is 10.7. The lowest BCUT2D eigenvalue weighted by atomic mass is 10.2. The first kappa shape index (κ1) is 20.1. The molecule has 1 atom stereocenters. The first-order valence-electron chi connectivity index (χ1n) is 7.05. The number of carbonyl (C=O) groups excluding carboxylic acids is 1. The van der Waals surface area contributed by atoms with E-state index in [0.29, 0.717) is 12.2 Å². The highest BCUT2D eigenvalue weighted by Crippen LogP contribution is 2.10. The molecule has 0 bridgehead atoms. The molecular formula is C14H27NO5S. The van der Waals surface area contributed by atoms with E-state index in [1.807, 2.05) is 0 Å². The molecule has 0 rings (SSSR count). The zero-order chi connectivity index (χ0) is 16.3. The fraction of sp³-hybridized carbons (Fsp3) is 0.857. The van der Waals surface area contributed by atoms with Crippen molar-refractivity contribution >= 4 is 23.8 Å². The van der Waals surface area contributed by atoms with Gasteiger partial charge in [0.15, 0.2) is 0 Å². The second-order valence-electron chi connectivity index (χ2n) is 5.64. The molecule has 1 unspecified atom stereocenters. The summed E-state index contributed by atoms with van der Waals surface area (Å²) in [6.07, 6.45) is 1.72. The minimum Gasteiger partial charge on any atom is -0.480 e. The fourth-order valence-corrected chi connectivity index (χ4v) is 2.48. The van der Waals surface area contributed by atoms with Crippen LogP contribution in [0.25, 0.3) is 0 Å². The van der Waals surface area contributed by atoms with Gasteiger partial charge in [-0.05, 0) is 51.5 Å². The molecule has 0 aromatic heterocycles.